The van der Waals surface area contributed by atoms with Crippen LogP contribution >= 0.6 is 34.7 Å². The zero-order chi connectivity index (χ0) is 21.1. The van der Waals surface area contributed by atoms with Crippen LogP contribution in [0.3, 0.4) is 0 Å². The molecule has 0 N–H and O–H groups in total. The number of aryl methyl sites for hydroxylation is 1. The molecule has 0 bridgehead atoms. The van der Waals surface area contributed by atoms with E-state index in [4.69, 9.17) is 11.6 Å². The van der Waals surface area contributed by atoms with Crippen LogP contribution in [0.5, 0.6) is 0 Å². The highest BCUT2D eigenvalue weighted by molar-refractivity contribution is 7.98. The van der Waals surface area contributed by atoms with Gasteiger partial charge in [0.15, 0.2) is 5.78 Å². The van der Waals surface area contributed by atoms with E-state index in [9.17, 15) is 9.59 Å². The van der Waals surface area contributed by atoms with Gasteiger partial charge >= 0.3 is 0 Å². The molecule has 30 heavy (non-hydrogen) atoms. The van der Waals surface area contributed by atoms with E-state index in [1.807, 2.05) is 36.7 Å². The van der Waals surface area contributed by atoms with Crippen molar-refractivity contribution < 1.29 is 4.79 Å². The normalized spacial score (nSPS) is 11.0. The fourth-order valence-electron chi connectivity index (χ4n) is 3.01. The molecule has 0 aliphatic heterocycles. The number of hydrogen-bond donors (Lipinski definition) is 0. The van der Waals surface area contributed by atoms with Gasteiger partial charge in [0.25, 0.3) is 5.56 Å². The number of carbonyl (C=O) groups is 1. The zero-order valence-electron chi connectivity index (χ0n) is 16.0. The van der Waals surface area contributed by atoms with Crippen molar-refractivity contribution in [3.05, 3.63) is 86.2 Å². The number of carbonyl (C=O) groups excluding carboxylic acids is 1. The lowest BCUT2D eigenvalue weighted by molar-refractivity contribution is 0.0986. The van der Waals surface area contributed by atoms with Crippen LogP contribution in [-0.4, -0.2) is 31.6 Å². The zero-order valence-corrected chi connectivity index (χ0v) is 18.4. The van der Waals surface area contributed by atoms with Crippen LogP contribution in [0.15, 0.2) is 70.6 Å². The van der Waals surface area contributed by atoms with Crippen LogP contribution in [0.4, 0.5) is 0 Å². The summed E-state index contributed by atoms with van der Waals surface area (Å²) < 4.78 is 3.90. The average Bonchev–Trinajstić information content (AvgIpc) is 3.41. The van der Waals surface area contributed by atoms with Crippen molar-refractivity contribution in [1.82, 2.24) is 19.6 Å². The smallest absolute Gasteiger partial charge is 0.255 e. The molecule has 0 spiro atoms. The number of ketones is 1. The second-order valence-corrected chi connectivity index (χ2v) is 9.01. The maximum atomic E-state index is 12.3. The van der Waals surface area contributed by atoms with Crippen LogP contribution in [0.2, 0.25) is 4.34 Å². The van der Waals surface area contributed by atoms with Crippen molar-refractivity contribution in [3.8, 4) is 11.4 Å². The number of thioether (sulfide) groups is 1. The highest BCUT2D eigenvalue weighted by Gasteiger charge is 2.13. The SMILES string of the molecule is CSc1cc(-n2ccccc2=O)ccc1-n1cc(CCC(=O)c2ccc(Cl)s2)nn1. The van der Waals surface area contributed by atoms with E-state index < -0.39 is 0 Å². The predicted molar refractivity (Wildman–Crippen MR) is 121 cm³/mol. The van der Waals surface area contributed by atoms with Gasteiger partial charge in [-0.3, -0.25) is 14.2 Å². The number of Topliss-reactive ketones (excluding diaryl/α,β-unsaturated/α-hetero) is 1. The molecule has 3 aromatic heterocycles. The standard InChI is InChI=1S/C21H17ClN4O2S2/c1-29-19-12-15(25-11-3-2-4-21(25)28)6-7-16(19)26-13-14(23-24-26)5-8-17(27)18-9-10-20(22)30-18/h2-4,6-7,9-13H,5,8H2,1H3. The van der Waals surface area contributed by atoms with E-state index in [-0.39, 0.29) is 11.3 Å². The molecule has 0 fully saturated rings. The van der Waals surface area contributed by atoms with Crippen LogP contribution in [0.1, 0.15) is 21.8 Å². The van der Waals surface area contributed by atoms with Gasteiger partial charge in [0.05, 0.1) is 26.8 Å². The number of thiophene rings is 1. The first-order chi connectivity index (χ1) is 14.5. The molecular weight excluding hydrogens is 440 g/mol. The third-order valence-electron chi connectivity index (χ3n) is 4.51. The average molecular weight is 457 g/mol. The summed E-state index contributed by atoms with van der Waals surface area (Å²) in [6.07, 6.45) is 6.39. The van der Waals surface area contributed by atoms with Crippen molar-refractivity contribution >= 4 is 40.5 Å². The molecule has 0 atom stereocenters. The Hall–Kier alpha value is -2.68. The lowest BCUT2D eigenvalue weighted by atomic mass is 10.1. The summed E-state index contributed by atoms with van der Waals surface area (Å²) in [5.74, 6) is 0.0453. The Morgan fingerprint density at radius 2 is 2.07 bits per heavy atom. The molecule has 0 unspecified atom stereocenters. The summed E-state index contributed by atoms with van der Waals surface area (Å²) in [4.78, 5) is 26.0. The number of aromatic nitrogens is 4. The lowest BCUT2D eigenvalue weighted by Gasteiger charge is -2.11. The van der Waals surface area contributed by atoms with E-state index >= 15 is 0 Å². The van der Waals surface area contributed by atoms with Gasteiger partial charge < -0.3 is 0 Å². The molecule has 152 valence electrons. The van der Waals surface area contributed by atoms with Gasteiger partial charge in [-0.05, 0) is 42.7 Å². The minimum atomic E-state index is -0.0861. The molecule has 1 aromatic carbocycles. The van der Waals surface area contributed by atoms with Crippen molar-refractivity contribution in [2.45, 2.75) is 17.7 Å². The Labute approximate surface area is 186 Å². The molecule has 0 saturated heterocycles. The first-order valence-electron chi connectivity index (χ1n) is 9.11. The van der Waals surface area contributed by atoms with Gasteiger partial charge in [-0.2, -0.15) is 0 Å². The first kappa shape index (κ1) is 20.6. The van der Waals surface area contributed by atoms with Crippen molar-refractivity contribution in [1.29, 1.82) is 0 Å². The fraction of sp³-hybridized carbons (Fsp3) is 0.143. The molecule has 4 rings (SSSR count). The van der Waals surface area contributed by atoms with Gasteiger partial charge in [-0.15, -0.1) is 28.2 Å². The maximum Gasteiger partial charge on any atom is 0.255 e. The number of halogens is 1. The number of hydrogen-bond acceptors (Lipinski definition) is 6. The Bertz CT molecular complexity index is 1260. The topological polar surface area (TPSA) is 69.8 Å². The number of rotatable bonds is 7. The second-order valence-electron chi connectivity index (χ2n) is 6.45. The molecule has 0 amide bonds. The minimum Gasteiger partial charge on any atom is -0.293 e. The molecule has 6 nitrogen and oxygen atoms in total. The van der Waals surface area contributed by atoms with E-state index in [2.05, 4.69) is 10.3 Å². The van der Waals surface area contributed by atoms with Gasteiger partial charge in [0, 0.05) is 35.7 Å². The third kappa shape index (κ3) is 4.40. The maximum absolute atomic E-state index is 12.3. The molecule has 9 heteroatoms. The van der Waals surface area contributed by atoms with Gasteiger partial charge in [0.1, 0.15) is 0 Å². The Balaban J connectivity index is 1.53. The van der Waals surface area contributed by atoms with E-state index in [1.165, 1.54) is 17.4 Å². The summed E-state index contributed by atoms with van der Waals surface area (Å²) in [5, 5.41) is 8.43. The van der Waals surface area contributed by atoms with Crippen molar-refractivity contribution in [2.75, 3.05) is 6.26 Å². The summed E-state index contributed by atoms with van der Waals surface area (Å²) in [5.41, 5.74) is 2.30. The number of nitrogens with zero attached hydrogens (tertiary/aromatic N) is 4. The lowest BCUT2D eigenvalue weighted by Crippen LogP contribution is -2.15. The Kier molecular flexibility index (Phi) is 6.17. The number of pyridine rings is 1. The molecular formula is C21H17ClN4O2S2. The second kappa shape index (κ2) is 8.99. The van der Waals surface area contributed by atoms with E-state index in [0.29, 0.717) is 22.1 Å². The van der Waals surface area contributed by atoms with Crippen LogP contribution in [0.25, 0.3) is 11.4 Å². The minimum absolute atomic E-state index is 0.0453. The highest BCUT2D eigenvalue weighted by Crippen LogP contribution is 2.27. The van der Waals surface area contributed by atoms with Crippen LogP contribution < -0.4 is 5.56 Å². The summed E-state index contributed by atoms with van der Waals surface area (Å²) in [6, 6.07) is 14.3. The van der Waals surface area contributed by atoms with Crippen molar-refractivity contribution in [2.24, 2.45) is 0 Å². The largest absolute Gasteiger partial charge is 0.293 e. The molecule has 0 saturated carbocycles. The summed E-state index contributed by atoms with van der Waals surface area (Å²) in [6.45, 7) is 0. The molecule has 4 aromatic rings. The summed E-state index contributed by atoms with van der Waals surface area (Å²) >= 11 is 8.75. The fourth-order valence-corrected chi connectivity index (χ4v) is 4.63. The van der Waals surface area contributed by atoms with Gasteiger partial charge in [-0.25, -0.2) is 4.68 Å². The van der Waals surface area contributed by atoms with Crippen LogP contribution in [0, 0.1) is 0 Å². The molecule has 0 aliphatic rings. The predicted octanol–water partition coefficient (Wildman–Crippen LogP) is 4.67. The first-order valence-corrected chi connectivity index (χ1v) is 11.5. The van der Waals surface area contributed by atoms with E-state index in [0.717, 1.165) is 22.0 Å². The number of benzene rings is 1. The molecule has 0 aliphatic carbocycles. The highest BCUT2D eigenvalue weighted by atomic mass is 35.5. The Morgan fingerprint density at radius 3 is 2.80 bits per heavy atom. The Morgan fingerprint density at radius 1 is 1.20 bits per heavy atom. The molecule has 3 heterocycles. The molecule has 0 radical (unpaired) electrons. The third-order valence-corrected chi connectivity index (χ3v) is 6.55. The quantitative estimate of drug-likeness (QED) is 0.298. The monoisotopic (exact) mass is 456 g/mol. The van der Waals surface area contributed by atoms with Gasteiger partial charge in [-0.1, -0.05) is 22.9 Å². The summed E-state index contributed by atoms with van der Waals surface area (Å²) in [7, 11) is 0. The van der Waals surface area contributed by atoms with Gasteiger partial charge in [0.2, 0.25) is 0 Å². The van der Waals surface area contributed by atoms with E-state index in [1.54, 1.807) is 45.4 Å². The van der Waals surface area contributed by atoms with Crippen LogP contribution in [-0.2, 0) is 6.42 Å². The van der Waals surface area contributed by atoms with Crippen molar-refractivity contribution in [3.63, 3.8) is 0 Å².